The molecule has 2 N–H and O–H groups in total. The zero-order valence-corrected chi connectivity index (χ0v) is 17.1. The molecular weight excluding hydrogens is 338 g/mol. The summed E-state index contributed by atoms with van der Waals surface area (Å²) in [6, 6.07) is 10.5. The first kappa shape index (κ1) is 21.7. The molecular formula is C22H37N3O2. The average molecular weight is 376 g/mol. The number of unbranched alkanes of at least 4 members (excludes halogenated alkanes) is 1. The fraction of sp³-hybridized carbons (Fsp3) is 0.682. The van der Waals surface area contributed by atoms with E-state index in [1.165, 1.54) is 24.8 Å². The quantitative estimate of drug-likeness (QED) is 0.315. The van der Waals surface area contributed by atoms with Gasteiger partial charge in [-0.05, 0) is 49.5 Å². The van der Waals surface area contributed by atoms with Crippen LogP contribution in [-0.2, 0) is 15.9 Å². The highest BCUT2D eigenvalue weighted by atomic mass is 16.5. The summed E-state index contributed by atoms with van der Waals surface area (Å²) in [5, 5.41) is 6.92. The lowest BCUT2D eigenvalue weighted by Crippen LogP contribution is -2.47. The lowest BCUT2D eigenvalue weighted by atomic mass is 9.67. The predicted octanol–water partition coefficient (Wildman–Crippen LogP) is 3.40. The summed E-state index contributed by atoms with van der Waals surface area (Å²) in [4.78, 5) is 4.34. The topological polar surface area (TPSA) is 54.9 Å². The second-order valence-electron chi connectivity index (χ2n) is 7.50. The van der Waals surface area contributed by atoms with E-state index in [4.69, 9.17) is 9.47 Å². The first-order valence-corrected chi connectivity index (χ1v) is 10.3. The number of methoxy groups -OCH3 is 1. The minimum Gasteiger partial charge on any atom is -0.385 e. The van der Waals surface area contributed by atoms with Crippen LogP contribution < -0.4 is 10.6 Å². The van der Waals surface area contributed by atoms with E-state index in [0.29, 0.717) is 5.41 Å². The van der Waals surface area contributed by atoms with Crippen LogP contribution in [0.1, 0.15) is 44.1 Å². The first-order valence-electron chi connectivity index (χ1n) is 10.3. The molecule has 1 aromatic rings. The van der Waals surface area contributed by atoms with Gasteiger partial charge in [-0.15, -0.1) is 0 Å². The maximum atomic E-state index is 5.74. The van der Waals surface area contributed by atoms with E-state index < -0.39 is 0 Å². The highest BCUT2D eigenvalue weighted by Crippen LogP contribution is 2.43. The Hall–Kier alpha value is -1.59. The van der Waals surface area contributed by atoms with Gasteiger partial charge in [0.25, 0.3) is 0 Å². The Morgan fingerprint density at radius 1 is 1.07 bits per heavy atom. The summed E-state index contributed by atoms with van der Waals surface area (Å²) >= 11 is 0. The Bertz CT molecular complexity index is 530. The van der Waals surface area contributed by atoms with Crippen LogP contribution in [0.5, 0.6) is 0 Å². The molecule has 27 heavy (non-hydrogen) atoms. The summed E-state index contributed by atoms with van der Waals surface area (Å²) in [6.07, 6.45) is 8.19. The van der Waals surface area contributed by atoms with Gasteiger partial charge in [-0.3, -0.25) is 4.99 Å². The molecule has 2 rings (SSSR count). The number of hydrogen-bond acceptors (Lipinski definition) is 3. The van der Waals surface area contributed by atoms with Gasteiger partial charge in [-0.2, -0.15) is 0 Å². The fourth-order valence-corrected chi connectivity index (χ4v) is 3.48. The molecule has 0 spiro atoms. The van der Waals surface area contributed by atoms with Crippen molar-refractivity contribution in [2.75, 3.05) is 47.1 Å². The van der Waals surface area contributed by atoms with Crippen molar-refractivity contribution in [3.05, 3.63) is 35.9 Å². The third-order valence-corrected chi connectivity index (χ3v) is 5.49. The number of nitrogens with one attached hydrogen (secondary N) is 2. The van der Waals surface area contributed by atoms with E-state index in [0.717, 1.165) is 64.6 Å². The van der Waals surface area contributed by atoms with Crippen LogP contribution in [0.3, 0.4) is 0 Å². The van der Waals surface area contributed by atoms with Gasteiger partial charge in [0.05, 0.1) is 6.61 Å². The zero-order valence-electron chi connectivity index (χ0n) is 17.1. The molecule has 1 aliphatic carbocycles. The van der Waals surface area contributed by atoms with Crippen LogP contribution >= 0.6 is 0 Å². The molecule has 0 radical (unpaired) electrons. The molecule has 1 saturated carbocycles. The van der Waals surface area contributed by atoms with E-state index >= 15 is 0 Å². The molecule has 0 amide bonds. The lowest BCUT2D eigenvalue weighted by Gasteiger charge is -2.42. The molecule has 1 fully saturated rings. The molecule has 0 aromatic heterocycles. The number of rotatable bonds is 13. The predicted molar refractivity (Wildman–Crippen MR) is 112 cm³/mol. The van der Waals surface area contributed by atoms with E-state index in [1.54, 1.807) is 7.11 Å². The van der Waals surface area contributed by atoms with Gasteiger partial charge >= 0.3 is 0 Å². The fourth-order valence-electron chi connectivity index (χ4n) is 3.48. The van der Waals surface area contributed by atoms with Gasteiger partial charge in [0.15, 0.2) is 5.96 Å². The van der Waals surface area contributed by atoms with Crippen LogP contribution in [0.2, 0.25) is 0 Å². The number of hydrogen-bond donors (Lipinski definition) is 2. The van der Waals surface area contributed by atoms with Gasteiger partial charge in [0.1, 0.15) is 0 Å². The lowest BCUT2D eigenvalue weighted by molar-refractivity contribution is 0.0732. The molecule has 1 aliphatic rings. The van der Waals surface area contributed by atoms with Crippen molar-refractivity contribution < 1.29 is 9.47 Å². The van der Waals surface area contributed by atoms with Gasteiger partial charge in [-0.1, -0.05) is 36.8 Å². The molecule has 152 valence electrons. The smallest absolute Gasteiger partial charge is 0.190 e. The number of nitrogens with zero attached hydrogens (tertiary/aromatic N) is 1. The van der Waals surface area contributed by atoms with E-state index in [9.17, 15) is 0 Å². The molecule has 1 aromatic carbocycles. The van der Waals surface area contributed by atoms with Crippen LogP contribution in [0.15, 0.2) is 35.3 Å². The van der Waals surface area contributed by atoms with E-state index in [1.807, 2.05) is 13.1 Å². The van der Waals surface area contributed by atoms with Crippen molar-refractivity contribution in [3.8, 4) is 0 Å². The molecule has 0 bridgehead atoms. The molecule has 5 heteroatoms. The van der Waals surface area contributed by atoms with Crippen LogP contribution in [0, 0.1) is 5.41 Å². The molecule has 0 saturated heterocycles. The van der Waals surface area contributed by atoms with Crippen molar-refractivity contribution in [1.29, 1.82) is 0 Å². The Labute approximate surface area is 164 Å². The number of benzene rings is 1. The highest BCUT2D eigenvalue weighted by molar-refractivity contribution is 5.79. The van der Waals surface area contributed by atoms with Crippen molar-refractivity contribution in [2.45, 2.75) is 44.9 Å². The molecule has 0 aliphatic heterocycles. The van der Waals surface area contributed by atoms with Crippen molar-refractivity contribution in [2.24, 2.45) is 10.4 Å². The van der Waals surface area contributed by atoms with Crippen LogP contribution in [0.4, 0.5) is 0 Å². The van der Waals surface area contributed by atoms with Gasteiger partial charge in [0, 0.05) is 40.5 Å². The molecule has 0 unspecified atom stereocenters. The Kier molecular flexibility index (Phi) is 10.2. The SMILES string of the molecule is CN=C(NCCCCOCCc1ccccc1)NCC1(CCOC)CCC1. The second kappa shape index (κ2) is 12.7. The highest BCUT2D eigenvalue weighted by Gasteiger charge is 2.36. The first-order chi connectivity index (χ1) is 13.3. The van der Waals surface area contributed by atoms with Crippen molar-refractivity contribution in [1.82, 2.24) is 10.6 Å². The summed E-state index contributed by atoms with van der Waals surface area (Å²) in [6.45, 7) is 4.37. The monoisotopic (exact) mass is 375 g/mol. The average Bonchev–Trinajstić information content (AvgIpc) is 2.68. The number of guanidine groups is 1. The molecule has 5 nitrogen and oxygen atoms in total. The summed E-state index contributed by atoms with van der Waals surface area (Å²) in [5.41, 5.74) is 1.74. The molecule has 0 heterocycles. The van der Waals surface area contributed by atoms with Crippen molar-refractivity contribution in [3.63, 3.8) is 0 Å². The van der Waals surface area contributed by atoms with Crippen LogP contribution in [-0.4, -0.2) is 53.0 Å². The number of ether oxygens (including phenoxy) is 2. The minimum absolute atomic E-state index is 0.403. The molecule has 0 atom stereocenters. The standard InChI is InChI=1S/C22H37N3O2/c1-23-21(25-19-22(12-8-13-22)14-18-26-2)24-15-6-7-16-27-17-11-20-9-4-3-5-10-20/h3-5,9-10H,6-8,11-19H2,1-2H3,(H2,23,24,25). The van der Waals surface area contributed by atoms with E-state index in [2.05, 4.69) is 39.9 Å². The van der Waals surface area contributed by atoms with Gasteiger partial charge < -0.3 is 20.1 Å². The number of aliphatic imine (C=N–C) groups is 1. The normalized spacial score (nSPS) is 16.0. The van der Waals surface area contributed by atoms with Crippen molar-refractivity contribution >= 4 is 5.96 Å². The van der Waals surface area contributed by atoms with E-state index in [-0.39, 0.29) is 0 Å². The zero-order chi connectivity index (χ0) is 19.2. The van der Waals surface area contributed by atoms with Gasteiger partial charge in [0.2, 0.25) is 0 Å². The minimum atomic E-state index is 0.403. The Morgan fingerprint density at radius 2 is 1.89 bits per heavy atom. The van der Waals surface area contributed by atoms with Crippen LogP contribution in [0.25, 0.3) is 0 Å². The summed E-state index contributed by atoms with van der Waals surface area (Å²) in [5.74, 6) is 0.906. The second-order valence-corrected chi connectivity index (χ2v) is 7.50. The summed E-state index contributed by atoms with van der Waals surface area (Å²) in [7, 11) is 3.62. The third kappa shape index (κ3) is 8.31. The maximum absolute atomic E-state index is 5.74. The van der Waals surface area contributed by atoms with Gasteiger partial charge in [-0.25, -0.2) is 0 Å². The maximum Gasteiger partial charge on any atom is 0.190 e. The summed E-state index contributed by atoms with van der Waals surface area (Å²) < 4.78 is 11.0. The Morgan fingerprint density at radius 3 is 2.56 bits per heavy atom. The third-order valence-electron chi connectivity index (χ3n) is 5.49. The largest absolute Gasteiger partial charge is 0.385 e. The Balaban J connectivity index is 1.48.